The third-order valence-electron chi connectivity index (χ3n) is 5.55. The maximum atomic E-state index is 13.9. The van der Waals surface area contributed by atoms with E-state index in [0.717, 1.165) is 12.8 Å². The minimum Gasteiger partial charge on any atom is -0.465 e. The fourth-order valence-electron chi connectivity index (χ4n) is 3.70. The third-order valence-corrected chi connectivity index (χ3v) is 6.57. The predicted octanol–water partition coefficient (Wildman–Crippen LogP) is 4.88. The summed E-state index contributed by atoms with van der Waals surface area (Å²) in [5.41, 5.74) is 1.46. The van der Waals surface area contributed by atoms with E-state index in [1.54, 1.807) is 20.2 Å². The van der Waals surface area contributed by atoms with Crippen LogP contribution >= 0.6 is 11.3 Å². The fraction of sp³-hybridized carbons (Fsp3) is 0.577. The molecule has 0 N–H and O–H groups in total. The first-order valence-electron chi connectivity index (χ1n) is 11.3. The van der Waals surface area contributed by atoms with Crippen molar-refractivity contribution in [2.24, 2.45) is 11.3 Å². The number of thiophene rings is 1. The van der Waals surface area contributed by atoms with Gasteiger partial charge in [0.1, 0.15) is 10.9 Å². The molecule has 180 valence electrons. The van der Waals surface area contributed by atoms with Crippen LogP contribution in [0.4, 0.5) is 5.69 Å². The van der Waals surface area contributed by atoms with Crippen LogP contribution in [0.5, 0.6) is 0 Å². The summed E-state index contributed by atoms with van der Waals surface area (Å²) in [6.07, 6.45) is 4.71. The van der Waals surface area contributed by atoms with Gasteiger partial charge in [0.05, 0.1) is 17.7 Å². The molecule has 1 heterocycles. The first-order chi connectivity index (χ1) is 15.4. The number of likely N-dealkylation sites (N-methyl/N-ethyl adjacent to an activating group) is 1. The van der Waals surface area contributed by atoms with Crippen molar-refractivity contribution in [1.29, 1.82) is 0 Å². The van der Waals surface area contributed by atoms with Gasteiger partial charge in [-0.1, -0.05) is 30.4 Å². The van der Waals surface area contributed by atoms with E-state index in [2.05, 4.69) is 24.8 Å². The van der Waals surface area contributed by atoms with E-state index in [-0.39, 0.29) is 28.0 Å². The number of amides is 2. The number of carbonyl (C=O) groups is 3. The molecule has 1 aliphatic rings. The zero-order valence-corrected chi connectivity index (χ0v) is 21.9. The second-order valence-electron chi connectivity index (χ2n) is 9.70. The van der Waals surface area contributed by atoms with Crippen LogP contribution in [0.1, 0.15) is 74.9 Å². The van der Waals surface area contributed by atoms with Crippen molar-refractivity contribution in [1.82, 2.24) is 4.90 Å². The van der Waals surface area contributed by atoms with E-state index in [1.807, 2.05) is 27.7 Å². The highest BCUT2D eigenvalue weighted by atomic mass is 32.1. The Labute approximate surface area is 202 Å². The molecule has 1 aromatic rings. The van der Waals surface area contributed by atoms with Gasteiger partial charge in [0.2, 0.25) is 11.8 Å². The normalized spacial score (nSPS) is 16.7. The number of esters is 1. The summed E-state index contributed by atoms with van der Waals surface area (Å²) in [4.78, 5) is 43.7. The minimum absolute atomic E-state index is 0.140. The lowest BCUT2D eigenvalue weighted by Gasteiger charge is -2.35. The van der Waals surface area contributed by atoms with E-state index in [9.17, 15) is 14.4 Å². The smallest absolute Gasteiger partial charge is 0.350 e. The van der Waals surface area contributed by atoms with Crippen LogP contribution in [0.2, 0.25) is 0 Å². The predicted molar refractivity (Wildman–Crippen MR) is 133 cm³/mol. The number of allylic oxidation sites excluding steroid dienone is 2. The van der Waals surface area contributed by atoms with Gasteiger partial charge >= 0.3 is 5.97 Å². The zero-order chi connectivity index (χ0) is 24.9. The minimum atomic E-state index is -0.721. The number of carbonyl (C=O) groups excluding carboxylic acids is 3. The van der Waals surface area contributed by atoms with Gasteiger partial charge in [-0.25, -0.2) is 4.79 Å². The van der Waals surface area contributed by atoms with Crippen LogP contribution in [0.25, 0.3) is 0 Å². The summed E-state index contributed by atoms with van der Waals surface area (Å²) in [5, 5.41) is 0. The molecule has 0 aliphatic heterocycles. The van der Waals surface area contributed by atoms with Crippen molar-refractivity contribution in [2.45, 2.75) is 66.3 Å². The third kappa shape index (κ3) is 6.70. The molecule has 0 aromatic carbocycles. The monoisotopic (exact) mass is 472 g/mol. The zero-order valence-electron chi connectivity index (χ0n) is 21.1. The quantitative estimate of drug-likeness (QED) is 0.336. The van der Waals surface area contributed by atoms with E-state index in [0.29, 0.717) is 23.4 Å². The molecule has 0 fully saturated rings. The number of nitrogens with zero attached hydrogens (tertiary/aromatic N) is 2. The maximum absolute atomic E-state index is 13.9. The average molecular weight is 473 g/mol. The fourth-order valence-corrected chi connectivity index (χ4v) is 4.62. The molecule has 0 saturated carbocycles. The van der Waals surface area contributed by atoms with Gasteiger partial charge in [-0.15, -0.1) is 11.3 Å². The van der Waals surface area contributed by atoms with Gasteiger partial charge in [0.25, 0.3) is 0 Å². The molecule has 1 aromatic heterocycles. The first kappa shape index (κ1) is 26.7. The lowest BCUT2D eigenvalue weighted by molar-refractivity contribution is -0.133. The van der Waals surface area contributed by atoms with Crippen LogP contribution in [-0.4, -0.2) is 49.9 Å². The van der Waals surface area contributed by atoms with Crippen molar-refractivity contribution in [3.63, 3.8) is 0 Å². The lowest BCUT2D eigenvalue weighted by Crippen LogP contribution is -2.51. The molecule has 1 aliphatic carbocycles. The Kier molecular flexibility index (Phi) is 8.90. The second-order valence-corrected chi connectivity index (χ2v) is 10.8. The van der Waals surface area contributed by atoms with Gasteiger partial charge in [-0.05, 0) is 59.4 Å². The van der Waals surface area contributed by atoms with Crippen LogP contribution in [0, 0.1) is 23.2 Å². The van der Waals surface area contributed by atoms with Gasteiger partial charge in [-0.2, -0.15) is 0 Å². The SMILES string of the molecule is CC[C@@H](C(=O)N(C)C)N(C(=O)[C@@H]1CC=C(C)CC1)c1cc(C#CC(C)(C)C)sc1C(=O)OC. The molecule has 7 heteroatoms. The molecular weight excluding hydrogens is 436 g/mol. The summed E-state index contributed by atoms with van der Waals surface area (Å²) in [6.45, 7) is 9.96. The van der Waals surface area contributed by atoms with Gasteiger partial charge in [0, 0.05) is 25.4 Å². The van der Waals surface area contributed by atoms with Crippen molar-refractivity contribution in [3.8, 4) is 11.8 Å². The Morgan fingerprint density at radius 1 is 1.27 bits per heavy atom. The highest BCUT2D eigenvalue weighted by molar-refractivity contribution is 7.15. The van der Waals surface area contributed by atoms with Gasteiger partial charge in [0.15, 0.2) is 0 Å². The summed E-state index contributed by atoms with van der Waals surface area (Å²) >= 11 is 1.19. The average Bonchev–Trinajstić information content (AvgIpc) is 3.18. The Hall–Kier alpha value is -2.59. The summed E-state index contributed by atoms with van der Waals surface area (Å²) < 4.78 is 5.03. The first-order valence-corrected chi connectivity index (χ1v) is 12.2. The number of methoxy groups -OCH3 is 1. The number of ether oxygens (including phenoxy) is 1. The number of rotatable bonds is 6. The molecule has 6 nitrogen and oxygen atoms in total. The van der Waals surface area contributed by atoms with Crippen LogP contribution in [0.3, 0.4) is 0 Å². The number of hydrogen-bond acceptors (Lipinski definition) is 5. The standard InChI is InChI=1S/C26H36N2O4S/c1-9-20(24(30)27(6)7)28(23(29)18-12-10-17(2)11-13-18)21-16-19(14-15-26(3,4)5)33-22(21)25(31)32-8/h10,16,18,20H,9,11-13H2,1-8H3/t18-,20+/m1/s1. The van der Waals surface area contributed by atoms with Crippen LogP contribution in [-0.2, 0) is 14.3 Å². The van der Waals surface area contributed by atoms with E-state index >= 15 is 0 Å². The molecule has 0 bridgehead atoms. The lowest BCUT2D eigenvalue weighted by atomic mass is 9.88. The Morgan fingerprint density at radius 2 is 1.94 bits per heavy atom. The van der Waals surface area contributed by atoms with Gasteiger partial charge < -0.3 is 9.64 Å². The second kappa shape index (κ2) is 11.0. The molecule has 2 amide bonds. The maximum Gasteiger partial charge on any atom is 0.350 e. The highest BCUT2D eigenvalue weighted by Crippen LogP contribution is 2.36. The Balaban J connectivity index is 2.67. The number of hydrogen-bond donors (Lipinski definition) is 0. The Morgan fingerprint density at radius 3 is 2.42 bits per heavy atom. The molecular formula is C26H36N2O4S. The van der Waals surface area contributed by atoms with Crippen molar-refractivity contribution in [3.05, 3.63) is 27.5 Å². The van der Waals surface area contributed by atoms with Crippen LogP contribution < -0.4 is 4.90 Å². The summed E-state index contributed by atoms with van der Waals surface area (Å²) in [5.74, 6) is 5.20. The molecule has 0 unspecified atom stereocenters. The van der Waals surface area contributed by atoms with Crippen LogP contribution in [0.15, 0.2) is 17.7 Å². The van der Waals surface area contributed by atoms with Crippen molar-refractivity contribution in [2.75, 3.05) is 26.1 Å². The largest absolute Gasteiger partial charge is 0.465 e. The number of anilines is 1. The van der Waals surface area contributed by atoms with E-state index in [4.69, 9.17) is 4.74 Å². The molecule has 2 rings (SSSR count). The molecule has 2 atom stereocenters. The van der Waals surface area contributed by atoms with E-state index in [1.165, 1.54) is 33.8 Å². The molecule has 0 radical (unpaired) electrons. The molecule has 33 heavy (non-hydrogen) atoms. The van der Waals surface area contributed by atoms with E-state index < -0.39 is 12.0 Å². The Bertz CT molecular complexity index is 988. The summed E-state index contributed by atoms with van der Waals surface area (Å²) in [6, 6.07) is 1.03. The molecule has 0 spiro atoms. The van der Waals surface area contributed by atoms with Crippen molar-refractivity contribution < 1.29 is 19.1 Å². The highest BCUT2D eigenvalue weighted by Gasteiger charge is 2.38. The molecule has 0 saturated heterocycles. The van der Waals surface area contributed by atoms with Gasteiger partial charge in [-0.3, -0.25) is 14.5 Å². The van der Waals surface area contributed by atoms with Crippen molar-refractivity contribution >= 4 is 34.8 Å². The topological polar surface area (TPSA) is 66.9 Å². The summed E-state index contributed by atoms with van der Waals surface area (Å²) in [7, 11) is 4.67.